The molecule has 4 nitrogen and oxygen atoms in total. The number of rotatable bonds is 3. The van der Waals surface area contributed by atoms with Crippen LogP contribution < -0.4 is 5.73 Å². The van der Waals surface area contributed by atoms with Crippen LogP contribution in [0.4, 0.5) is 5.95 Å². The monoisotopic (exact) mass is 248 g/mol. The molecule has 2 aromatic rings. The Hall–Kier alpha value is -1.49. The minimum absolute atomic E-state index is 0.452. The summed E-state index contributed by atoms with van der Waals surface area (Å²) in [6.45, 7) is 4.23. The fourth-order valence-corrected chi connectivity index (χ4v) is 2.60. The van der Waals surface area contributed by atoms with Gasteiger partial charge in [0.25, 0.3) is 0 Å². The number of hydrogen-bond donors (Lipinski definition) is 1. The molecule has 0 unspecified atom stereocenters. The highest BCUT2D eigenvalue weighted by Gasteiger charge is 2.06. The zero-order chi connectivity index (χ0) is 12.4. The molecule has 0 bridgehead atoms. The molecule has 0 radical (unpaired) electrons. The normalized spacial score (nSPS) is 10.8. The van der Waals surface area contributed by atoms with Gasteiger partial charge in [-0.1, -0.05) is 41.1 Å². The minimum Gasteiger partial charge on any atom is -0.368 e. The number of benzene rings is 1. The van der Waals surface area contributed by atoms with E-state index in [1.807, 2.05) is 7.05 Å². The van der Waals surface area contributed by atoms with Crippen molar-refractivity contribution in [3.05, 3.63) is 34.9 Å². The van der Waals surface area contributed by atoms with E-state index in [0.29, 0.717) is 5.95 Å². The Morgan fingerprint density at radius 3 is 2.35 bits per heavy atom. The number of nitrogens with two attached hydrogens (primary N) is 1. The van der Waals surface area contributed by atoms with Gasteiger partial charge in [-0.25, -0.2) is 0 Å². The van der Waals surface area contributed by atoms with Crippen molar-refractivity contribution in [2.45, 2.75) is 24.8 Å². The number of hydrogen-bond acceptors (Lipinski definition) is 4. The molecule has 1 aromatic heterocycles. The van der Waals surface area contributed by atoms with Crippen molar-refractivity contribution in [1.82, 2.24) is 14.8 Å². The van der Waals surface area contributed by atoms with Crippen molar-refractivity contribution in [1.29, 1.82) is 0 Å². The highest BCUT2D eigenvalue weighted by molar-refractivity contribution is 7.98. The van der Waals surface area contributed by atoms with E-state index >= 15 is 0 Å². The molecular formula is C12H16N4S. The molecule has 0 amide bonds. The van der Waals surface area contributed by atoms with E-state index in [1.165, 1.54) is 16.7 Å². The van der Waals surface area contributed by atoms with Gasteiger partial charge in [-0.15, -0.1) is 10.2 Å². The van der Waals surface area contributed by atoms with Crippen molar-refractivity contribution >= 4 is 17.7 Å². The second-order valence-corrected chi connectivity index (χ2v) is 5.13. The van der Waals surface area contributed by atoms with E-state index < -0.39 is 0 Å². The summed E-state index contributed by atoms with van der Waals surface area (Å²) in [5.41, 5.74) is 9.51. The van der Waals surface area contributed by atoms with E-state index in [-0.39, 0.29) is 0 Å². The standard InChI is InChI=1S/C12H16N4S/c1-8-4-9(2)6-10(5-8)7-17-12-15-14-11(13)16(12)3/h4-6H,7H2,1-3H3,(H2,13,14). The van der Waals surface area contributed by atoms with Gasteiger partial charge in [-0.2, -0.15) is 0 Å². The molecule has 0 saturated carbocycles. The Balaban J connectivity index is 2.09. The zero-order valence-electron chi connectivity index (χ0n) is 10.3. The first kappa shape index (κ1) is 12.0. The van der Waals surface area contributed by atoms with Crippen molar-refractivity contribution in [3.63, 3.8) is 0 Å². The fraction of sp³-hybridized carbons (Fsp3) is 0.333. The molecule has 0 aliphatic heterocycles. The second-order valence-electron chi connectivity index (χ2n) is 4.18. The van der Waals surface area contributed by atoms with Crippen LogP contribution in [0.25, 0.3) is 0 Å². The minimum atomic E-state index is 0.452. The molecule has 0 saturated heterocycles. The molecule has 2 rings (SSSR count). The van der Waals surface area contributed by atoms with Crippen molar-refractivity contribution < 1.29 is 0 Å². The van der Waals surface area contributed by atoms with Crippen LogP contribution in [0, 0.1) is 13.8 Å². The second kappa shape index (κ2) is 4.79. The third kappa shape index (κ3) is 2.79. The van der Waals surface area contributed by atoms with Gasteiger partial charge in [-0.3, -0.25) is 4.57 Å². The quantitative estimate of drug-likeness (QED) is 0.847. The summed E-state index contributed by atoms with van der Waals surface area (Å²) in [4.78, 5) is 0. The number of aromatic nitrogens is 3. The number of aryl methyl sites for hydroxylation is 2. The molecule has 0 atom stereocenters. The predicted octanol–water partition coefficient (Wildman–Crippen LogP) is 2.31. The van der Waals surface area contributed by atoms with Crippen LogP contribution in [0.1, 0.15) is 16.7 Å². The molecule has 2 N–H and O–H groups in total. The third-order valence-corrected chi connectivity index (χ3v) is 3.61. The summed E-state index contributed by atoms with van der Waals surface area (Å²) in [5.74, 6) is 1.34. The van der Waals surface area contributed by atoms with E-state index in [1.54, 1.807) is 16.3 Å². The maximum absolute atomic E-state index is 5.63. The highest BCUT2D eigenvalue weighted by atomic mass is 32.2. The first-order chi connectivity index (χ1) is 8.06. The van der Waals surface area contributed by atoms with Crippen molar-refractivity contribution in [3.8, 4) is 0 Å². The number of nitrogen functional groups attached to an aromatic ring is 1. The van der Waals surface area contributed by atoms with Gasteiger partial charge in [0.15, 0.2) is 5.16 Å². The van der Waals surface area contributed by atoms with Crippen LogP contribution in [0.3, 0.4) is 0 Å². The van der Waals surface area contributed by atoms with Crippen LogP contribution in [0.5, 0.6) is 0 Å². The molecule has 1 aromatic carbocycles. The van der Waals surface area contributed by atoms with E-state index in [4.69, 9.17) is 5.73 Å². The average molecular weight is 248 g/mol. The summed E-state index contributed by atoms with van der Waals surface area (Å²) in [6, 6.07) is 6.56. The van der Waals surface area contributed by atoms with Crippen LogP contribution in [0.2, 0.25) is 0 Å². The maximum Gasteiger partial charge on any atom is 0.222 e. The molecule has 0 spiro atoms. The summed E-state index contributed by atoms with van der Waals surface area (Å²) < 4.78 is 1.80. The Morgan fingerprint density at radius 2 is 1.82 bits per heavy atom. The fourth-order valence-electron chi connectivity index (χ4n) is 1.75. The first-order valence-corrected chi connectivity index (χ1v) is 6.39. The molecule has 0 aliphatic rings. The average Bonchev–Trinajstić information content (AvgIpc) is 2.56. The van der Waals surface area contributed by atoms with Crippen molar-refractivity contribution in [2.24, 2.45) is 7.05 Å². The molecule has 0 fully saturated rings. The maximum atomic E-state index is 5.63. The summed E-state index contributed by atoms with van der Waals surface area (Å²) in [5, 5.41) is 8.71. The topological polar surface area (TPSA) is 56.7 Å². The Labute approximate surface area is 105 Å². The molecule has 5 heteroatoms. The van der Waals surface area contributed by atoms with Gasteiger partial charge in [0, 0.05) is 12.8 Å². The van der Waals surface area contributed by atoms with Gasteiger partial charge in [-0.05, 0) is 19.4 Å². The number of anilines is 1. The summed E-state index contributed by atoms with van der Waals surface area (Å²) >= 11 is 1.65. The van der Waals surface area contributed by atoms with Gasteiger partial charge in [0.1, 0.15) is 0 Å². The lowest BCUT2D eigenvalue weighted by molar-refractivity contribution is 0.796. The lowest BCUT2D eigenvalue weighted by Gasteiger charge is -2.04. The van der Waals surface area contributed by atoms with Crippen LogP contribution >= 0.6 is 11.8 Å². The van der Waals surface area contributed by atoms with Crippen LogP contribution in [-0.2, 0) is 12.8 Å². The SMILES string of the molecule is Cc1cc(C)cc(CSc2nnc(N)n2C)c1. The summed E-state index contributed by atoms with van der Waals surface area (Å²) in [6.07, 6.45) is 0. The van der Waals surface area contributed by atoms with Gasteiger partial charge >= 0.3 is 0 Å². The van der Waals surface area contributed by atoms with Gasteiger partial charge < -0.3 is 5.73 Å². The van der Waals surface area contributed by atoms with Gasteiger partial charge in [0.2, 0.25) is 5.95 Å². The lowest BCUT2D eigenvalue weighted by atomic mass is 10.1. The largest absolute Gasteiger partial charge is 0.368 e. The summed E-state index contributed by atoms with van der Waals surface area (Å²) in [7, 11) is 1.87. The Bertz CT molecular complexity index is 513. The van der Waals surface area contributed by atoms with Crippen molar-refractivity contribution in [2.75, 3.05) is 5.73 Å². The van der Waals surface area contributed by atoms with E-state index in [9.17, 15) is 0 Å². The molecule has 17 heavy (non-hydrogen) atoms. The van der Waals surface area contributed by atoms with Crippen LogP contribution in [-0.4, -0.2) is 14.8 Å². The molecule has 1 heterocycles. The van der Waals surface area contributed by atoms with Crippen LogP contribution in [0.15, 0.2) is 23.4 Å². The Kier molecular flexibility index (Phi) is 3.38. The first-order valence-electron chi connectivity index (χ1n) is 5.41. The predicted molar refractivity (Wildman–Crippen MR) is 70.9 cm³/mol. The number of thioether (sulfide) groups is 1. The Morgan fingerprint density at radius 1 is 1.18 bits per heavy atom. The lowest BCUT2D eigenvalue weighted by Crippen LogP contribution is -1.98. The molecule has 90 valence electrons. The smallest absolute Gasteiger partial charge is 0.222 e. The van der Waals surface area contributed by atoms with Gasteiger partial charge in [0.05, 0.1) is 0 Å². The third-order valence-electron chi connectivity index (χ3n) is 2.52. The zero-order valence-corrected chi connectivity index (χ0v) is 11.1. The molecular weight excluding hydrogens is 232 g/mol. The number of nitrogens with zero attached hydrogens (tertiary/aromatic N) is 3. The molecule has 0 aliphatic carbocycles. The van der Waals surface area contributed by atoms with E-state index in [2.05, 4.69) is 42.2 Å². The van der Waals surface area contributed by atoms with E-state index in [0.717, 1.165) is 10.9 Å². The highest BCUT2D eigenvalue weighted by Crippen LogP contribution is 2.22.